The Morgan fingerprint density at radius 2 is 1.52 bits per heavy atom. The zero-order valence-corrected chi connectivity index (χ0v) is 17.6. The molecule has 6 nitrogen and oxygen atoms in total. The molecule has 1 aliphatic carbocycles. The Balaban J connectivity index is 1.67. The third kappa shape index (κ3) is 5.13. The molecule has 2 aromatic rings. The van der Waals surface area contributed by atoms with Crippen LogP contribution in [0.15, 0.2) is 36.4 Å². The van der Waals surface area contributed by atoms with Gasteiger partial charge in [-0.3, -0.25) is 4.79 Å². The van der Waals surface area contributed by atoms with Crippen LogP contribution in [0.5, 0.6) is 23.0 Å². The Bertz CT molecular complexity index is 805. The van der Waals surface area contributed by atoms with E-state index in [0.717, 1.165) is 29.7 Å². The highest BCUT2D eigenvalue weighted by Crippen LogP contribution is 2.38. The van der Waals surface area contributed by atoms with Crippen molar-refractivity contribution in [3.8, 4) is 23.0 Å². The van der Waals surface area contributed by atoms with Gasteiger partial charge < -0.3 is 23.8 Å². The molecule has 0 N–H and O–H groups in total. The molecule has 0 unspecified atom stereocenters. The molecule has 0 aromatic heterocycles. The maximum Gasteiger partial charge on any atom is 0.223 e. The van der Waals surface area contributed by atoms with Crippen molar-refractivity contribution in [3.05, 3.63) is 47.5 Å². The summed E-state index contributed by atoms with van der Waals surface area (Å²) in [6, 6.07) is 12.0. The van der Waals surface area contributed by atoms with Gasteiger partial charge in [-0.1, -0.05) is 12.1 Å². The van der Waals surface area contributed by atoms with Gasteiger partial charge in [0.15, 0.2) is 11.5 Å². The average Bonchev–Trinajstić information content (AvgIpc) is 3.60. The molecular formula is C23H29NO5. The third-order valence-electron chi connectivity index (χ3n) is 5.17. The summed E-state index contributed by atoms with van der Waals surface area (Å²) in [5.41, 5.74) is 2.09. The van der Waals surface area contributed by atoms with Crippen molar-refractivity contribution in [2.45, 2.75) is 38.3 Å². The normalized spacial score (nSPS) is 13.0. The molecule has 1 fully saturated rings. The summed E-state index contributed by atoms with van der Waals surface area (Å²) in [5.74, 6) is 2.75. The van der Waals surface area contributed by atoms with Crippen molar-refractivity contribution in [3.63, 3.8) is 0 Å². The minimum Gasteiger partial charge on any atom is -0.497 e. The third-order valence-corrected chi connectivity index (χ3v) is 5.17. The van der Waals surface area contributed by atoms with E-state index >= 15 is 0 Å². The molecule has 0 heterocycles. The number of rotatable bonds is 10. The SMILES string of the molecule is COc1ccc(CN(C(=O)CCc2cc(OC)c(OC)c(OC)c2)C2CC2)cc1. The first-order chi connectivity index (χ1) is 14.1. The Labute approximate surface area is 172 Å². The molecule has 0 aliphatic heterocycles. The van der Waals surface area contributed by atoms with E-state index in [9.17, 15) is 4.79 Å². The van der Waals surface area contributed by atoms with Crippen LogP contribution in [0.1, 0.15) is 30.4 Å². The molecule has 1 saturated carbocycles. The van der Waals surface area contributed by atoms with Crippen LogP contribution in [0.4, 0.5) is 0 Å². The highest BCUT2D eigenvalue weighted by molar-refractivity contribution is 5.77. The maximum atomic E-state index is 13.0. The first-order valence-electron chi connectivity index (χ1n) is 9.80. The van der Waals surface area contributed by atoms with Gasteiger partial charge in [-0.05, 0) is 54.7 Å². The minimum atomic E-state index is 0.164. The Morgan fingerprint density at radius 3 is 2.00 bits per heavy atom. The highest BCUT2D eigenvalue weighted by atomic mass is 16.5. The van der Waals surface area contributed by atoms with E-state index < -0.39 is 0 Å². The van der Waals surface area contributed by atoms with Crippen molar-refractivity contribution < 1.29 is 23.7 Å². The molecule has 29 heavy (non-hydrogen) atoms. The van der Waals surface area contributed by atoms with E-state index in [0.29, 0.717) is 42.7 Å². The van der Waals surface area contributed by atoms with Gasteiger partial charge >= 0.3 is 0 Å². The predicted octanol–water partition coefficient (Wildman–Crippen LogP) is 3.84. The summed E-state index contributed by atoms with van der Waals surface area (Å²) in [4.78, 5) is 15.0. The molecule has 6 heteroatoms. The molecule has 1 amide bonds. The number of amides is 1. The van der Waals surface area contributed by atoms with E-state index in [-0.39, 0.29) is 5.91 Å². The summed E-state index contributed by atoms with van der Waals surface area (Å²) >= 11 is 0. The zero-order valence-electron chi connectivity index (χ0n) is 17.6. The minimum absolute atomic E-state index is 0.164. The molecule has 0 atom stereocenters. The number of hydrogen-bond donors (Lipinski definition) is 0. The van der Waals surface area contributed by atoms with Crippen LogP contribution in [0.3, 0.4) is 0 Å². The molecule has 156 valence electrons. The molecule has 0 radical (unpaired) electrons. The van der Waals surface area contributed by atoms with Crippen molar-refractivity contribution in [1.82, 2.24) is 4.90 Å². The van der Waals surface area contributed by atoms with Crippen LogP contribution in [0.2, 0.25) is 0 Å². The van der Waals surface area contributed by atoms with Crippen molar-refractivity contribution >= 4 is 5.91 Å². The summed E-state index contributed by atoms with van der Waals surface area (Å²) in [6.07, 6.45) is 3.20. The highest BCUT2D eigenvalue weighted by Gasteiger charge is 2.32. The summed E-state index contributed by atoms with van der Waals surface area (Å²) in [6.45, 7) is 0.628. The van der Waals surface area contributed by atoms with Gasteiger partial charge in [0, 0.05) is 19.0 Å². The van der Waals surface area contributed by atoms with Crippen molar-refractivity contribution in [1.29, 1.82) is 0 Å². The van der Waals surface area contributed by atoms with Crippen molar-refractivity contribution in [2.24, 2.45) is 0 Å². The van der Waals surface area contributed by atoms with E-state index in [1.807, 2.05) is 41.3 Å². The number of hydrogen-bond acceptors (Lipinski definition) is 5. The standard InChI is InChI=1S/C23H29NO5/c1-26-19-10-5-16(6-11-19)15-24(18-8-9-18)22(25)12-7-17-13-20(27-2)23(29-4)21(14-17)28-3/h5-6,10-11,13-14,18H,7-9,12,15H2,1-4H3. The lowest BCUT2D eigenvalue weighted by atomic mass is 10.1. The smallest absolute Gasteiger partial charge is 0.223 e. The lowest BCUT2D eigenvalue weighted by Crippen LogP contribution is -2.32. The second-order valence-corrected chi connectivity index (χ2v) is 7.13. The van der Waals surface area contributed by atoms with Gasteiger partial charge in [0.1, 0.15) is 5.75 Å². The van der Waals surface area contributed by atoms with Crippen LogP contribution in [0.25, 0.3) is 0 Å². The Hall–Kier alpha value is -2.89. The number of ether oxygens (including phenoxy) is 4. The van der Waals surface area contributed by atoms with Gasteiger partial charge in [-0.2, -0.15) is 0 Å². The monoisotopic (exact) mass is 399 g/mol. The Morgan fingerprint density at radius 1 is 0.897 bits per heavy atom. The summed E-state index contributed by atoms with van der Waals surface area (Å²) < 4.78 is 21.4. The van der Waals surface area contributed by atoms with Crippen LogP contribution in [-0.4, -0.2) is 45.3 Å². The fraction of sp³-hybridized carbons (Fsp3) is 0.435. The number of nitrogens with zero attached hydrogens (tertiary/aromatic N) is 1. The lowest BCUT2D eigenvalue weighted by Gasteiger charge is -2.23. The van der Waals surface area contributed by atoms with Gasteiger partial charge in [0.25, 0.3) is 0 Å². The second-order valence-electron chi connectivity index (χ2n) is 7.13. The van der Waals surface area contributed by atoms with Crippen LogP contribution >= 0.6 is 0 Å². The lowest BCUT2D eigenvalue weighted by molar-refractivity contribution is -0.132. The van der Waals surface area contributed by atoms with E-state index in [1.54, 1.807) is 28.4 Å². The molecule has 0 bridgehead atoms. The maximum absolute atomic E-state index is 13.0. The number of aryl methyl sites for hydroxylation is 1. The number of methoxy groups -OCH3 is 4. The van der Waals surface area contributed by atoms with Gasteiger partial charge in [0.2, 0.25) is 11.7 Å². The van der Waals surface area contributed by atoms with E-state index in [1.165, 1.54) is 0 Å². The van der Waals surface area contributed by atoms with E-state index in [2.05, 4.69) is 0 Å². The number of carbonyl (C=O) groups is 1. The average molecular weight is 399 g/mol. The fourth-order valence-electron chi connectivity index (χ4n) is 3.41. The number of benzene rings is 2. The molecule has 0 saturated heterocycles. The van der Waals surface area contributed by atoms with E-state index in [4.69, 9.17) is 18.9 Å². The second kappa shape index (κ2) is 9.54. The van der Waals surface area contributed by atoms with Gasteiger partial charge in [-0.15, -0.1) is 0 Å². The van der Waals surface area contributed by atoms with Gasteiger partial charge in [-0.25, -0.2) is 0 Å². The first-order valence-corrected chi connectivity index (χ1v) is 9.80. The van der Waals surface area contributed by atoms with Crippen molar-refractivity contribution in [2.75, 3.05) is 28.4 Å². The zero-order chi connectivity index (χ0) is 20.8. The Kier molecular flexibility index (Phi) is 6.86. The first kappa shape index (κ1) is 20.8. The summed E-state index contributed by atoms with van der Waals surface area (Å²) in [5, 5.41) is 0. The molecule has 2 aromatic carbocycles. The molecule has 0 spiro atoms. The quantitative estimate of drug-likeness (QED) is 0.607. The van der Waals surface area contributed by atoms with Crippen LogP contribution in [-0.2, 0) is 17.8 Å². The number of carbonyl (C=O) groups excluding carboxylic acids is 1. The molecule has 1 aliphatic rings. The topological polar surface area (TPSA) is 57.2 Å². The summed E-state index contributed by atoms with van der Waals surface area (Å²) in [7, 11) is 6.42. The van der Waals surface area contributed by atoms with Crippen LogP contribution < -0.4 is 18.9 Å². The fourth-order valence-corrected chi connectivity index (χ4v) is 3.41. The molecule has 3 rings (SSSR count). The van der Waals surface area contributed by atoms with Gasteiger partial charge in [0.05, 0.1) is 28.4 Å². The van der Waals surface area contributed by atoms with Crippen LogP contribution in [0, 0.1) is 0 Å². The molecular weight excluding hydrogens is 370 g/mol. The predicted molar refractivity (Wildman–Crippen MR) is 111 cm³/mol. The largest absolute Gasteiger partial charge is 0.497 e.